The Labute approximate surface area is 376 Å². The fraction of sp³-hybridized carbons (Fsp3) is 0.792. The first-order valence-electron chi connectivity index (χ1n) is 23.0. The zero-order valence-electron chi connectivity index (χ0n) is 39.8. The van der Waals surface area contributed by atoms with Crippen molar-refractivity contribution < 1.29 is 61.9 Å². The zero-order valence-corrected chi connectivity index (χ0v) is 39.8. The second kappa shape index (κ2) is 16.9. The third-order valence-electron chi connectivity index (χ3n) is 17.4. The highest BCUT2D eigenvalue weighted by Gasteiger charge is 2.70. The van der Waals surface area contributed by atoms with Gasteiger partial charge in [0.05, 0.1) is 31.4 Å². The van der Waals surface area contributed by atoms with Crippen molar-refractivity contribution in [3.05, 3.63) is 23.5 Å². The van der Waals surface area contributed by atoms with E-state index < -0.39 is 59.9 Å². The van der Waals surface area contributed by atoms with Crippen LogP contribution in [0.1, 0.15) is 146 Å². The van der Waals surface area contributed by atoms with Gasteiger partial charge in [-0.15, -0.1) is 5.10 Å². The zero-order chi connectivity index (χ0) is 46.9. The van der Waals surface area contributed by atoms with E-state index >= 15 is 0 Å². The van der Waals surface area contributed by atoms with Crippen LogP contribution in [0.25, 0.3) is 0 Å². The van der Waals surface area contributed by atoms with Crippen LogP contribution in [0.4, 0.5) is 0 Å². The molecule has 0 aromatic carbocycles. The van der Waals surface area contributed by atoms with Crippen molar-refractivity contribution in [3.8, 4) is 0 Å². The maximum Gasteiger partial charge on any atom is 0.311 e. The van der Waals surface area contributed by atoms with Gasteiger partial charge in [-0.3, -0.25) is 28.8 Å². The van der Waals surface area contributed by atoms with Gasteiger partial charge in [-0.05, 0) is 110 Å². The molecule has 16 heteroatoms. The summed E-state index contributed by atoms with van der Waals surface area (Å²) in [7, 11) is 1.48. The van der Waals surface area contributed by atoms with Crippen molar-refractivity contribution in [3.63, 3.8) is 0 Å². The summed E-state index contributed by atoms with van der Waals surface area (Å²) in [4.78, 5) is 76.9. The first-order valence-corrected chi connectivity index (χ1v) is 23.0. The van der Waals surface area contributed by atoms with Gasteiger partial charge in [-0.2, -0.15) is 0 Å². The highest BCUT2D eigenvalue weighted by Crippen LogP contribution is 2.75. The number of fused-ring (bicyclic) bond motifs is 7. The summed E-state index contributed by atoms with van der Waals surface area (Å²) >= 11 is 0. The molecule has 7 rings (SSSR count). The van der Waals surface area contributed by atoms with Crippen molar-refractivity contribution >= 4 is 35.6 Å². The molecule has 2 heterocycles. The molecule has 1 aliphatic heterocycles. The molecule has 5 fully saturated rings. The van der Waals surface area contributed by atoms with Gasteiger partial charge >= 0.3 is 29.8 Å². The quantitative estimate of drug-likeness (QED) is 0.180. The number of hydrogen-bond donors (Lipinski definition) is 0. The number of hydrogen-bond acceptors (Lipinski definition) is 15. The molecule has 1 aromatic heterocycles. The molecule has 0 radical (unpaired) electrons. The smallest absolute Gasteiger partial charge is 0.311 e. The Morgan fingerprint density at radius 1 is 0.797 bits per heavy atom. The standard InChI is InChI=1S/C48H69N3O13/c1-26(52)59-25-34-37(61-27(2)53)38(62-28(3)54)39(63-29(4)55)41(64-34)51-23-30(49-50-51)24-60-36-14-15-46(9)35(43(36,5)6)13-16-48(11)40(46)33(56)21-31-32-22-45(8,42(57)58-12)18-17-44(32,7)19-20-47(31,48)10/h21,23,32,34-41H,13-20,22,24-25H2,1-12H3/t32-,34-,35?,36+,37-,38+,39-,40-,41?,44-,45+,46+,47-,48-/m1/s1. The molecule has 6 aliphatic rings. The molecule has 5 aliphatic carbocycles. The molecular weight excluding hydrogens is 827 g/mol. The Morgan fingerprint density at radius 2 is 1.44 bits per heavy atom. The van der Waals surface area contributed by atoms with Crippen molar-refractivity contribution in [2.45, 2.75) is 177 Å². The van der Waals surface area contributed by atoms with Crippen LogP contribution >= 0.6 is 0 Å². The van der Waals surface area contributed by atoms with E-state index in [1.807, 2.05) is 13.0 Å². The van der Waals surface area contributed by atoms with Crippen LogP contribution < -0.4 is 0 Å². The fourth-order valence-electron chi connectivity index (χ4n) is 14.0. The number of ketones is 1. The van der Waals surface area contributed by atoms with Crippen LogP contribution in [0.2, 0.25) is 0 Å². The normalized spacial score (nSPS) is 41.1. The number of nitrogens with zero attached hydrogens (tertiary/aromatic N) is 3. The monoisotopic (exact) mass is 895 g/mol. The summed E-state index contributed by atoms with van der Waals surface area (Å²) in [6, 6.07) is 0. The van der Waals surface area contributed by atoms with E-state index in [2.05, 4.69) is 51.9 Å². The third-order valence-corrected chi connectivity index (χ3v) is 17.4. The number of esters is 5. The van der Waals surface area contributed by atoms with E-state index in [1.54, 1.807) is 6.20 Å². The molecule has 0 spiro atoms. The molecule has 0 N–H and O–H groups in total. The number of aromatic nitrogens is 3. The van der Waals surface area contributed by atoms with Crippen LogP contribution in [0, 0.1) is 50.2 Å². The number of allylic oxidation sites excluding steroid dienone is 2. The van der Waals surface area contributed by atoms with Crippen LogP contribution in [0.15, 0.2) is 17.8 Å². The molecule has 354 valence electrons. The van der Waals surface area contributed by atoms with E-state index in [4.69, 9.17) is 33.2 Å². The first-order chi connectivity index (χ1) is 29.8. The molecule has 64 heavy (non-hydrogen) atoms. The van der Waals surface area contributed by atoms with E-state index in [0.29, 0.717) is 12.1 Å². The van der Waals surface area contributed by atoms with Gasteiger partial charge in [0.1, 0.15) is 18.4 Å². The largest absolute Gasteiger partial charge is 0.469 e. The SMILES string of the molecule is COC(=O)[C@@]1(C)CC[C@]2(C)CC[C@]3(C)C(=CC(=O)[C@@H]4[C@@]5(C)CC[C@H](OCc6cn(C7O[C@H](COC(C)=O)[C@@H](OC(C)=O)[C@H](OC(C)=O)[C@H]7OC(C)=O)nn6)C(C)(C)C5CC[C@]43C)[C@H]2C1. The molecule has 4 saturated carbocycles. The van der Waals surface area contributed by atoms with Crippen LogP contribution in [-0.2, 0) is 68.5 Å². The van der Waals surface area contributed by atoms with Gasteiger partial charge in [-0.25, -0.2) is 4.68 Å². The summed E-state index contributed by atoms with van der Waals surface area (Å²) in [6.45, 7) is 20.5. The Bertz CT molecular complexity index is 2080. The maximum absolute atomic E-state index is 14.9. The minimum atomic E-state index is -1.35. The lowest BCUT2D eigenvalue weighted by molar-refractivity contribution is -0.270. The van der Waals surface area contributed by atoms with E-state index in [-0.39, 0.29) is 75.9 Å². The number of rotatable bonds is 10. The minimum Gasteiger partial charge on any atom is -0.469 e. The molecule has 14 atom stereocenters. The second-order valence-electron chi connectivity index (χ2n) is 21.7. The summed E-state index contributed by atoms with van der Waals surface area (Å²) in [6.07, 6.45) is 5.05. The Kier molecular flexibility index (Phi) is 12.6. The predicted molar refractivity (Wildman–Crippen MR) is 227 cm³/mol. The third kappa shape index (κ3) is 7.99. The number of carbonyl (C=O) groups excluding carboxylic acids is 6. The van der Waals surface area contributed by atoms with Crippen molar-refractivity contribution in [2.75, 3.05) is 13.7 Å². The molecule has 16 nitrogen and oxygen atoms in total. The summed E-state index contributed by atoms with van der Waals surface area (Å²) < 4.78 is 41.6. The molecule has 1 aromatic rings. The summed E-state index contributed by atoms with van der Waals surface area (Å²) in [5, 5.41) is 8.68. The topological polar surface area (TPSA) is 198 Å². The average Bonchev–Trinajstić information content (AvgIpc) is 3.67. The van der Waals surface area contributed by atoms with Gasteiger partial charge in [-0.1, -0.05) is 52.3 Å². The molecule has 1 saturated heterocycles. The molecule has 0 amide bonds. The molecule has 2 unspecified atom stereocenters. The lowest BCUT2D eigenvalue weighted by atomic mass is 9.33. The van der Waals surface area contributed by atoms with Crippen LogP contribution in [0.5, 0.6) is 0 Å². The molecule has 0 bridgehead atoms. The second-order valence-corrected chi connectivity index (χ2v) is 21.7. The van der Waals surface area contributed by atoms with Crippen molar-refractivity contribution in [2.24, 2.45) is 50.2 Å². The van der Waals surface area contributed by atoms with E-state index in [9.17, 15) is 28.8 Å². The van der Waals surface area contributed by atoms with Gasteiger partial charge in [0.15, 0.2) is 30.3 Å². The van der Waals surface area contributed by atoms with E-state index in [1.165, 1.54) is 38.1 Å². The Morgan fingerprint density at radius 3 is 2.08 bits per heavy atom. The number of carbonyl (C=O) groups is 6. The van der Waals surface area contributed by atoms with Gasteiger partial charge in [0, 0.05) is 33.6 Å². The maximum atomic E-state index is 14.9. The van der Waals surface area contributed by atoms with Gasteiger partial charge in [0.2, 0.25) is 0 Å². The van der Waals surface area contributed by atoms with Crippen LogP contribution in [0.3, 0.4) is 0 Å². The Balaban J connectivity index is 1.11. The van der Waals surface area contributed by atoms with Crippen molar-refractivity contribution in [1.29, 1.82) is 0 Å². The van der Waals surface area contributed by atoms with Gasteiger partial charge in [0.25, 0.3) is 0 Å². The van der Waals surface area contributed by atoms with E-state index in [0.717, 1.165) is 58.3 Å². The number of methoxy groups -OCH3 is 1. The predicted octanol–water partition coefficient (Wildman–Crippen LogP) is 6.57. The summed E-state index contributed by atoms with van der Waals surface area (Å²) in [5.41, 5.74) is 0.154. The average molecular weight is 896 g/mol. The lowest BCUT2D eigenvalue weighted by Gasteiger charge is -2.70. The number of ether oxygens (including phenoxy) is 7. The molecular formula is C48H69N3O13. The minimum absolute atomic E-state index is 0.0357. The fourth-order valence-corrected chi connectivity index (χ4v) is 14.0. The Hall–Kier alpha value is -4.18. The van der Waals surface area contributed by atoms with Crippen molar-refractivity contribution in [1.82, 2.24) is 15.0 Å². The lowest BCUT2D eigenvalue weighted by Crippen LogP contribution is -2.66. The van der Waals surface area contributed by atoms with Crippen LogP contribution in [-0.4, -0.2) is 94.9 Å². The highest BCUT2D eigenvalue weighted by atomic mass is 16.7. The first kappa shape index (κ1) is 47.8. The summed E-state index contributed by atoms with van der Waals surface area (Å²) in [5.74, 6) is -2.55. The highest BCUT2D eigenvalue weighted by molar-refractivity contribution is 5.95. The van der Waals surface area contributed by atoms with Gasteiger partial charge < -0.3 is 33.2 Å².